The van der Waals surface area contributed by atoms with Crippen molar-refractivity contribution in [2.45, 2.75) is 68.4 Å². The van der Waals surface area contributed by atoms with Crippen LogP contribution in [-0.2, 0) is 29.8 Å². The van der Waals surface area contributed by atoms with Crippen molar-refractivity contribution in [3.63, 3.8) is 0 Å². The molecule has 5 amide bonds. The molecule has 1 aromatic heterocycles. The third-order valence-corrected chi connectivity index (χ3v) is 9.69. The second kappa shape index (κ2) is 16.8. The standard InChI is InChI=1S/C35H40F2N7O8P/c1-3-24(20-7-5-4-6-8-20)40-31(46)26(12-14-30(38)45)41-33(48)29-13-10-23-15-16-43(2)19-28(34(49)44(23)29)42-32(47)27-18-21-17-22(9-11-25(21)39-27)35(36,37)52-53(50)51/h1,4-9,11,17-18,23-24,26,28-29,39,50-51H,10,12-16,19H2,2H3,(H2,38,45)(H,40,46)(H,41,48)(H,42,47)/t23-,24-,26+,28+,29+/m1/s1. The SMILES string of the molecule is C#C[C@@H](NC(=O)[C@H](CCC(N)=O)NC(=O)[C@@H]1CC[C@@H]2CCN(C)C[C@H](NC(=O)c3cc4cc(C(F)(F)OP(O)O)ccc4[nH]3)C(=O)N21)c1ccccc1. The molecular weight excluding hydrogens is 715 g/mol. The predicted molar refractivity (Wildman–Crippen MR) is 188 cm³/mol. The maximum atomic E-state index is 14.3. The Hall–Kier alpha value is -4.98. The minimum absolute atomic E-state index is 0.0400. The van der Waals surface area contributed by atoms with Gasteiger partial charge >= 0.3 is 14.7 Å². The normalized spacial score (nSPS) is 20.5. The summed E-state index contributed by atoms with van der Waals surface area (Å²) in [5.41, 5.74) is 5.60. The highest BCUT2D eigenvalue weighted by Gasteiger charge is 2.45. The van der Waals surface area contributed by atoms with Crippen LogP contribution in [0.15, 0.2) is 54.6 Å². The number of hydrogen-bond acceptors (Lipinski definition) is 9. The third-order valence-electron chi connectivity index (χ3n) is 9.30. The number of carbonyl (C=O) groups excluding carboxylic acids is 5. The van der Waals surface area contributed by atoms with Crippen LogP contribution in [-0.4, -0.2) is 98.4 Å². The van der Waals surface area contributed by atoms with Gasteiger partial charge in [0.1, 0.15) is 29.9 Å². The number of hydrogen-bond donors (Lipinski definition) is 7. The van der Waals surface area contributed by atoms with Gasteiger partial charge in [-0.1, -0.05) is 36.3 Å². The number of benzene rings is 2. The number of rotatable bonds is 13. The minimum Gasteiger partial charge on any atom is -0.370 e. The van der Waals surface area contributed by atoms with Crippen LogP contribution < -0.4 is 21.7 Å². The largest absolute Gasteiger partial charge is 0.389 e. The zero-order valence-electron chi connectivity index (χ0n) is 28.6. The zero-order valence-corrected chi connectivity index (χ0v) is 29.5. The van der Waals surface area contributed by atoms with Crippen LogP contribution in [0.4, 0.5) is 8.78 Å². The predicted octanol–water partition coefficient (Wildman–Crippen LogP) is 1.48. The first kappa shape index (κ1) is 39.2. The highest BCUT2D eigenvalue weighted by molar-refractivity contribution is 7.39. The van der Waals surface area contributed by atoms with Crippen LogP contribution in [0.25, 0.3) is 10.9 Å². The number of fused-ring (bicyclic) bond motifs is 2. The Labute approximate surface area is 304 Å². The molecule has 2 aromatic carbocycles. The summed E-state index contributed by atoms with van der Waals surface area (Å²) in [6, 6.07) is 8.89. The van der Waals surface area contributed by atoms with Crippen molar-refractivity contribution in [1.82, 2.24) is 30.7 Å². The summed E-state index contributed by atoms with van der Waals surface area (Å²) < 4.78 is 32.6. The van der Waals surface area contributed by atoms with Crippen LogP contribution in [0, 0.1) is 12.3 Å². The number of halogens is 2. The molecule has 0 aliphatic carbocycles. The molecule has 2 aliphatic rings. The number of H-pyrrole nitrogens is 1. The lowest BCUT2D eigenvalue weighted by molar-refractivity contribution is -0.189. The fraction of sp³-hybridized carbons (Fsp3) is 0.400. The van der Waals surface area contributed by atoms with E-state index in [4.69, 9.17) is 21.9 Å². The lowest BCUT2D eigenvalue weighted by Gasteiger charge is -2.38. The number of nitrogens with one attached hydrogen (secondary N) is 4. The number of nitrogens with two attached hydrogens (primary N) is 1. The van der Waals surface area contributed by atoms with Crippen LogP contribution in [0.3, 0.4) is 0 Å². The van der Waals surface area contributed by atoms with E-state index in [0.717, 1.165) is 12.1 Å². The van der Waals surface area contributed by atoms with Crippen molar-refractivity contribution in [3.05, 3.63) is 71.4 Å². The topological polar surface area (TPSA) is 219 Å². The third kappa shape index (κ3) is 9.53. The Kier molecular flexibility index (Phi) is 12.4. The Morgan fingerprint density at radius 1 is 1.11 bits per heavy atom. The number of likely N-dealkylation sites (N-methyl/N-ethyl adjacent to an activating group) is 1. The number of primary amides is 1. The molecule has 3 aromatic rings. The van der Waals surface area contributed by atoms with Gasteiger partial charge in [-0.15, -0.1) is 6.42 Å². The average molecular weight is 756 g/mol. The van der Waals surface area contributed by atoms with Gasteiger partial charge in [0.2, 0.25) is 23.6 Å². The highest BCUT2D eigenvalue weighted by Crippen LogP contribution is 2.42. The van der Waals surface area contributed by atoms with E-state index in [-0.39, 0.29) is 42.9 Å². The molecule has 18 heteroatoms. The molecule has 2 fully saturated rings. The molecular formula is C35H40F2N7O8P. The summed E-state index contributed by atoms with van der Waals surface area (Å²) in [6.45, 7) is 0.638. The maximum Gasteiger partial charge on any atom is 0.389 e. The summed E-state index contributed by atoms with van der Waals surface area (Å²) in [5.74, 6) is -0.670. The van der Waals surface area contributed by atoms with Gasteiger partial charge in [-0.2, -0.15) is 8.78 Å². The first-order valence-electron chi connectivity index (χ1n) is 16.8. The van der Waals surface area contributed by atoms with Gasteiger partial charge in [-0.25, -0.2) is 4.52 Å². The molecule has 0 radical (unpaired) electrons. The summed E-state index contributed by atoms with van der Waals surface area (Å²) in [4.78, 5) is 90.6. The zero-order chi connectivity index (χ0) is 38.4. The molecule has 5 rings (SSSR count). The Balaban J connectivity index is 1.32. The number of aromatic nitrogens is 1. The minimum atomic E-state index is -4.01. The first-order valence-corrected chi connectivity index (χ1v) is 17.9. The molecule has 2 aliphatic heterocycles. The number of nitrogens with zero attached hydrogens (tertiary/aromatic N) is 2. The maximum absolute atomic E-state index is 14.3. The van der Waals surface area contributed by atoms with Gasteiger partial charge in [0, 0.05) is 29.9 Å². The summed E-state index contributed by atoms with van der Waals surface area (Å²) in [6.07, 6.45) is 2.66. The second-order valence-corrected chi connectivity index (χ2v) is 13.7. The van der Waals surface area contributed by atoms with E-state index in [2.05, 4.69) is 31.4 Å². The van der Waals surface area contributed by atoms with E-state index in [1.807, 2.05) is 4.90 Å². The van der Waals surface area contributed by atoms with Crippen LogP contribution in [0.5, 0.6) is 0 Å². The molecule has 3 heterocycles. The molecule has 2 saturated heterocycles. The molecule has 8 N–H and O–H groups in total. The summed E-state index contributed by atoms with van der Waals surface area (Å²) in [7, 11) is -1.56. The van der Waals surface area contributed by atoms with Crippen LogP contribution in [0.2, 0.25) is 0 Å². The van der Waals surface area contributed by atoms with Gasteiger partial charge < -0.3 is 46.3 Å². The Bertz CT molecular complexity index is 1890. The number of alkyl halides is 2. The molecule has 15 nitrogen and oxygen atoms in total. The van der Waals surface area contributed by atoms with E-state index in [1.54, 1.807) is 37.4 Å². The summed E-state index contributed by atoms with van der Waals surface area (Å²) >= 11 is 0. The monoisotopic (exact) mass is 755 g/mol. The van der Waals surface area contributed by atoms with E-state index < -0.39 is 74.0 Å². The quantitative estimate of drug-likeness (QED) is 0.0992. The van der Waals surface area contributed by atoms with Gasteiger partial charge in [0.15, 0.2) is 0 Å². The van der Waals surface area contributed by atoms with Crippen molar-refractivity contribution in [2.75, 3.05) is 20.1 Å². The second-order valence-electron chi connectivity index (χ2n) is 13.0. The Morgan fingerprint density at radius 3 is 2.53 bits per heavy atom. The molecule has 0 saturated carbocycles. The smallest absolute Gasteiger partial charge is 0.370 e. The fourth-order valence-electron chi connectivity index (χ4n) is 6.66. The van der Waals surface area contributed by atoms with E-state index >= 15 is 0 Å². The number of terminal acetylenes is 1. The van der Waals surface area contributed by atoms with E-state index in [9.17, 15) is 32.8 Å². The van der Waals surface area contributed by atoms with Gasteiger partial charge in [-0.3, -0.25) is 24.0 Å². The molecule has 0 unspecified atom stereocenters. The van der Waals surface area contributed by atoms with Crippen LogP contribution >= 0.6 is 8.60 Å². The molecule has 282 valence electrons. The first-order chi connectivity index (χ1) is 25.2. The van der Waals surface area contributed by atoms with Crippen molar-refractivity contribution in [2.24, 2.45) is 5.73 Å². The lowest BCUT2D eigenvalue weighted by Crippen LogP contribution is -2.61. The van der Waals surface area contributed by atoms with Gasteiger partial charge in [0.05, 0.1) is 5.56 Å². The number of amides is 5. The van der Waals surface area contributed by atoms with Crippen LogP contribution in [0.1, 0.15) is 59.8 Å². The van der Waals surface area contributed by atoms with Crippen molar-refractivity contribution in [1.29, 1.82) is 0 Å². The number of carbonyl (C=O) groups is 5. The molecule has 0 bridgehead atoms. The van der Waals surface area contributed by atoms with E-state index in [1.165, 1.54) is 17.0 Å². The highest BCUT2D eigenvalue weighted by atomic mass is 31.2. The molecule has 53 heavy (non-hydrogen) atoms. The number of aromatic amines is 1. The Morgan fingerprint density at radius 2 is 1.85 bits per heavy atom. The van der Waals surface area contributed by atoms with Crippen molar-refractivity contribution in [3.8, 4) is 12.3 Å². The van der Waals surface area contributed by atoms with Gasteiger partial charge in [0.25, 0.3) is 5.91 Å². The fourth-order valence-corrected chi connectivity index (χ4v) is 6.97. The van der Waals surface area contributed by atoms with Crippen molar-refractivity contribution >= 4 is 49.0 Å². The van der Waals surface area contributed by atoms with Gasteiger partial charge in [-0.05, 0) is 69.1 Å². The lowest BCUT2D eigenvalue weighted by atomic mass is 10.0. The van der Waals surface area contributed by atoms with Crippen molar-refractivity contribution < 1.29 is 47.1 Å². The molecule has 5 atom stereocenters. The summed E-state index contributed by atoms with van der Waals surface area (Å²) in [5, 5.41) is 8.34. The van der Waals surface area contributed by atoms with E-state index in [0.29, 0.717) is 30.5 Å². The average Bonchev–Trinajstić information content (AvgIpc) is 3.74. The molecule has 0 spiro atoms.